The Morgan fingerprint density at radius 2 is 1.30 bits per heavy atom. The molecule has 43 heavy (non-hydrogen) atoms. The highest BCUT2D eigenvalue weighted by Crippen LogP contribution is 2.43. The SMILES string of the molecule is CCOCN1C(C)=C(C(=O)OCOC(=O)C(C)(C)C)C(c2cccc([N+](=O)[O-])c2)C(C(=O)OCOC(=O)C(C)(C)C)=C1C. The largest absolute Gasteiger partial charge is 0.427 e. The summed E-state index contributed by atoms with van der Waals surface area (Å²) in [4.78, 5) is 64.3. The van der Waals surface area contributed by atoms with Crippen LogP contribution in [0.2, 0.25) is 0 Å². The van der Waals surface area contributed by atoms with Gasteiger partial charge in [-0.25, -0.2) is 9.59 Å². The zero-order chi connectivity index (χ0) is 32.7. The minimum atomic E-state index is -1.20. The van der Waals surface area contributed by atoms with Crippen molar-refractivity contribution in [3.63, 3.8) is 0 Å². The maximum Gasteiger partial charge on any atom is 0.339 e. The molecule has 0 saturated carbocycles. The summed E-state index contributed by atoms with van der Waals surface area (Å²) in [6, 6.07) is 5.46. The lowest BCUT2D eigenvalue weighted by Crippen LogP contribution is -2.37. The van der Waals surface area contributed by atoms with Crippen LogP contribution in [0.3, 0.4) is 0 Å². The van der Waals surface area contributed by atoms with E-state index in [-0.39, 0.29) is 29.1 Å². The lowest BCUT2D eigenvalue weighted by molar-refractivity contribution is -0.384. The highest BCUT2D eigenvalue weighted by molar-refractivity contribution is 6.00. The summed E-state index contributed by atoms with van der Waals surface area (Å²) >= 11 is 0. The van der Waals surface area contributed by atoms with E-state index in [9.17, 15) is 29.3 Å². The fourth-order valence-electron chi connectivity index (χ4n) is 4.02. The highest BCUT2D eigenvalue weighted by atomic mass is 16.7. The number of ether oxygens (including phenoxy) is 5. The standard InChI is InChI=1S/C30H40N2O11/c1-10-39-15-31-18(2)22(25(33)40-16-42-27(35)29(4,5)6)24(20-12-11-13-21(14-20)32(37)38)23(19(31)3)26(34)41-17-43-28(36)30(7,8)9/h11-14,24H,10,15-17H2,1-9H3. The van der Waals surface area contributed by atoms with Gasteiger partial charge in [0.2, 0.25) is 13.6 Å². The molecule has 0 saturated heterocycles. The second-order valence-corrected chi connectivity index (χ2v) is 11.8. The number of esters is 4. The average Bonchev–Trinajstić information content (AvgIpc) is 2.91. The van der Waals surface area contributed by atoms with Crippen molar-refractivity contribution in [3.05, 3.63) is 62.5 Å². The molecule has 0 spiro atoms. The summed E-state index contributed by atoms with van der Waals surface area (Å²) < 4.78 is 26.4. The number of nitrogens with zero attached hydrogens (tertiary/aromatic N) is 2. The van der Waals surface area contributed by atoms with Crippen LogP contribution in [-0.4, -0.2) is 60.6 Å². The first-order chi connectivity index (χ1) is 19.9. The molecule has 13 heteroatoms. The molecule has 0 aliphatic carbocycles. The van der Waals surface area contributed by atoms with Gasteiger partial charge in [-0.2, -0.15) is 0 Å². The molecule has 0 bridgehead atoms. The quantitative estimate of drug-likeness (QED) is 0.148. The van der Waals surface area contributed by atoms with Crippen molar-refractivity contribution in [2.24, 2.45) is 10.8 Å². The van der Waals surface area contributed by atoms with Gasteiger partial charge in [0.25, 0.3) is 5.69 Å². The molecule has 1 heterocycles. The van der Waals surface area contributed by atoms with Gasteiger partial charge in [-0.3, -0.25) is 19.7 Å². The van der Waals surface area contributed by atoms with Crippen LogP contribution < -0.4 is 0 Å². The van der Waals surface area contributed by atoms with E-state index < -0.39 is 59.1 Å². The summed E-state index contributed by atoms with van der Waals surface area (Å²) in [6.07, 6.45) is 0. The van der Waals surface area contributed by atoms with Gasteiger partial charge in [0.05, 0.1) is 32.8 Å². The maximum absolute atomic E-state index is 13.6. The van der Waals surface area contributed by atoms with E-state index in [1.54, 1.807) is 67.2 Å². The number of nitro benzene ring substituents is 1. The molecule has 236 valence electrons. The van der Waals surface area contributed by atoms with Gasteiger partial charge in [-0.1, -0.05) is 12.1 Å². The molecule has 2 rings (SSSR count). The molecule has 1 aromatic carbocycles. The average molecular weight is 605 g/mol. The second kappa shape index (κ2) is 14.3. The third-order valence-electron chi connectivity index (χ3n) is 6.43. The Morgan fingerprint density at radius 1 is 0.837 bits per heavy atom. The Kier molecular flexibility index (Phi) is 11.6. The van der Waals surface area contributed by atoms with E-state index in [1.807, 2.05) is 0 Å². The Hall–Kier alpha value is -4.26. The van der Waals surface area contributed by atoms with E-state index in [1.165, 1.54) is 24.3 Å². The molecule has 0 aromatic heterocycles. The van der Waals surface area contributed by atoms with Crippen LogP contribution >= 0.6 is 0 Å². The highest BCUT2D eigenvalue weighted by Gasteiger charge is 2.41. The number of hydrogen-bond donors (Lipinski definition) is 0. The van der Waals surface area contributed by atoms with Crippen molar-refractivity contribution in [3.8, 4) is 0 Å². The van der Waals surface area contributed by atoms with Crippen LogP contribution in [0, 0.1) is 20.9 Å². The molecule has 1 aliphatic heterocycles. The Balaban J connectivity index is 2.62. The number of nitro groups is 1. The van der Waals surface area contributed by atoms with Crippen molar-refractivity contribution in [2.45, 2.75) is 68.2 Å². The molecule has 0 N–H and O–H groups in total. The van der Waals surface area contributed by atoms with Gasteiger partial charge < -0.3 is 28.6 Å². The lowest BCUT2D eigenvalue weighted by Gasteiger charge is -2.37. The van der Waals surface area contributed by atoms with Crippen LogP contribution in [0.25, 0.3) is 0 Å². The summed E-state index contributed by atoms with van der Waals surface area (Å²) in [5.74, 6) is -4.28. The van der Waals surface area contributed by atoms with Crippen LogP contribution in [0.15, 0.2) is 46.8 Å². The normalized spacial score (nSPS) is 14.4. The molecular weight excluding hydrogens is 564 g/mol. The van der Waals surface area contributed by atoms with E-state index in [4.69, 9.17) is 23.7 Å². The number of allylic oxidation sites excluding steroid dienone is 2. The summed E-state index contributed by atoms with van der Waals surface area (Å²) in [6.45, 7) is 13.7. The van der Waals surface area contributed by atoms with E-state index >= 15 is 0 Å². The van der Waals surface area contributed by atoms with Crippen molar-refractivity contribution in [1.29, 1.82) is 0 Å². The first-order valence-electron chi connectivity index (χ1n) is 13.6. The minimum Gasteiger partial charge on any atom is -0.427 e. The zero-order valence-corrected chi connectivity index (χ0v) is 26.1. The summed E-state index contributed by atoms with van der Waals surface area (Å²) in [7, 11) is 0. The van der Waals surface area contributed by atoms with Crippen LogP contribution in [-0.2, 0) is 42.9 Å². The monoisotopic (exact) mass is 604 g/mol. The third kappa shape index (κ3) is 8.87. The molecule has 13 nitrogen and oxygen atoms in total. The van der Waals surface area contributed by atoms with E-state index in [0.29, 0.717) is 18.0 Å². The molecular formula is C30H40N2O11. The molecule has 1 aliphatic rings. The van der Waals surface area contributed by atoms with Crippen LogP contribution in [0.1, 0.15) is 73.8 Å². The van der Waals surface area contributed by atoms with Crippen LogP contribution in [0.4, 0.5) is 5.69 Å². The number of hydrogen-bond acceptors (Lipinski definition) is 12. The van der Waals surface area contributed by atoms with Crippen molar-refractivity contribution in [1.82, 2.24) is 4.90 Å². The topological polar surface area (TPSA) is 161 Å². The van der Waals surface area contributed by atoms with Crippen molar-refractivity contribution >= 4 is 29.6 Å². The first kappa shape index (κ1) is 34.9. The smallest absolute Gasteiger partial charge is 0.339 e. The molecule has 0 unspecified atom stereocenters. The van der Waals surface area contributed by atoms with Gasteiger partial charge in [0, 0.05) is 30.1 Å². The number of carbonyl (C=O) groups excluding carboxylic acids is 4. The molecule has 0 atom stereocenters. The minimum absolute atomic E-state index is 0.0542. The third-order valence-corrected chi connectivity index (χ3v) is 6.43. The number of benzene rings is 1. The zero-order valence-electron chi connectivity index (χ0n) is 26.1. The van der Waals surface area contributed by atoms with E-state index in [2.05, 4.69) is 0 Å². The summed E-state index contributed by atoms with van der Waals surface area (Å²) in [5.41, 5.74) is -1.19. The molecule has 1 aromatic rings. The fourth-order valence-corrected chi connectivity index (χ4v) is 4.02. The van der Waals surface area contributed by atoms with Gasteiger partial charge >= 0.3 is 23.9 Å². The molecule has 0 amide bonds. The molecule has 0 fully saturated rings. The summed E-state index contributed by atoms with van der Waals surface area (Å²) in [5, 5.41) is 11.6. The van der Waals surface area contributed by atoms with Crippen molar-refractivity contribution < 1.29 is 47.8 Å². The van der Waals surface area contributed by atoms with Gasteiger partial charge in [0.1, 0.15) is 6.73 Å². The van der Waals surface area contributed by atoms with E-state index in [0.717, 1.165) is 0 Å². The fraction of sp³-hybridized carbons (Fsp3) is 0.533. The number of carbonyl (C=O) groups is 4. The van der Waals surface area contributed by atoms with Gasteiger partial charge in [-0.15, -0.1) is 0 Å². The van der Waals surface area contributed by atoms with Crippen LogP contribution in [0.5, 0.6) is 0 Å². The first-order valence-corrected chi connectivity index (χ1v) is 13.6. The Bertz CT molecular complexity index is 1250. The Labute approximate surface area is 250 Å². The Morgan fingerprint density at radius 3 is 1.70 bits per heavy atom. The van der Waals surface area contributed by atoms with Gasteiger partial charge in [-0.05, 0) is 67.9 Å². The van der Waals surface area contributed by atoms with Crippen molar-refractivity contribution in [2.75, 3.05) is 26.9 Å². The number of non-ortho nitro benzene ring substituents is 1. The predicted molar refractivity (Wildman–Crippen MR) is 153 cm³/mol. The number of rotatable bonds is 11. The second-order valence-electron chi connectivity index (χ2n) is 11.8. The maximum atomic E-state index is 13.6. The lowest BCUT2D eigenvalue weighted by atomic mass is 9.79. The predicted octanol–water partition coefficient (Wildman–Crippen LogP) is 4.72. The molecule has 0 radical (unpaired) electrons. The van der Waals surface area contributed by atoms with Gasteiger partial charge in [0.15, 0.2) is 0 Å².